The molecule has 23 heavy (non-hydrogen) atoms. The van der Waals surface area contributed by atoms with Crippen molar-refractivity contribution in [2.45, 2.75) is 84.7 Å². The van der Waals surface area contributed by atoms with Gasteiger partial charge < -0.3 is 5.11 Å². The molecule has 4 rings (SSSR count). The summed E-state index contributed by atoms with van der Waals surface area (Å²) in [4.78, 5) is 12.2. The van der Waals surface area contributed by atoms with Crippen LogP contribution in [0.1, 0.15) is 78.6 Å². The fourth-order valence-electron chi connectivity index (χ4n) is 7.90. The van der Waals surface area contributed by atoms with Gasteiger partial charge in [-0.2, -0.15) is 0 Å². The smallest absolute Gasteiger partial charge is 0.133 e. The number of hydrogen-bond donors (Lipinski definition) is 1. The number of ketones is 1. The van der Waals surface area contributed by atoms with E-state index in [4.69, 9.17) is 0 Å². The first kappa shape index (κ1) is 16.1. The molecule has 4 saturated carbocycles. The minimum atomic E-state index is -0.0490. The molecule has 0 radical (unpaired) electrons. The SMILES string of the molecule is CC(=O)[C@H]1CCC2C3CC[C@H]4C[C@@H](O)CC[C@]4(C)C3CC[C@@]21C. The Labute approximate surface area is 141 Å². The van der Waals surface area contributed by atoms with Crippen LogP contribution in [0.25, 0.3) is 0 Å². The monoisotopic (exact) mass is 318 g/mol. The minimum Gasteiger partial charge on any atom is -0.393 e. The Balaban J connectivity index is 1.61. The Morgan fingerprint density at radius 2 is 1.61 bits per heavy atom. The molecule has 0 aromatic heterocycles. The maximum atomic E-state index is 12.2. The number of hydrogen-bond acceptors (Lipinski definition) is 2. The van der Waals surface area contributed by atoms with Crippen molar-refractivity contribution in [3.63, 3.8) is 0 Å². The van der Waals surface area contributed by atoms with Gasteiger partial charge in [-0.3, -0.25) is 4.79 Å². The number of carbonyl (C=O) groups excluding carboxylic acids is 1. The summed E-state index contributed by atoms with van der Waals surface area (Å²) in [6, 6.07) is 0. The van der Waals surface area contributed by atoms with Gasteiger partial charge in [0.2, 0.25) is 0 Å². The quantitative estimate of drug-likeness (QED) is 0.767. The molecule has 130 valence electrons. The van der Waals surface area contributed by atoms with E-state index in [0.717, 1.165) is 42.9 Å². The molecule has 0 aliphatic heterocycles. The van der Waals surface area contributed by atoms with Gasteiger partial charge in [0.25, 0.3) is 0 Å². The fraction of sp³-hybridized carbons (Fsp3) is 0.952. The lowest BCUT2D eigenvalue weighted by Crippen LogP contribution is -2.54. The molecule has 0 spiro atoms. The van der Waals surface area contributed by atoms with Gasteiger partial charge in [0, 0.05) is 5.92 Å². The Hall–Kier alpha value is -0.370. The molecule has 2 heteroatoms. The summed E-state index contributed by atoms with van der Waals surface area (Å²) in [5.74, 6) is 3.97. The molecule has 4 aliphatic rings. The van der Waals surface area contributed by atoms with Gasteiger partial charge in [-0.05, 0) is 99.2 Å². The molecule has 3 unspecified atom stereocenters. The molecule has 1 N–H and O–H groups in total. The van der Waals surface area contributed by atoms with Crippen molar-refractivity contribution >= 4 is 5.78 Å². The van der Waals surface area contributed by atoms with Crippen LogP contribution in [-0.2, 0) is 4.79 Å². The van der Waals surface area contributed by atoms with Crippen LogP contribution in [0, 0.1) is 40.4 Å². The highest BCUT2D eigenvalue weighted by atomic mass is 16.3. The second-order valence-corrected chi connectivity index (χ2v) is 9.87. The lowest BCUT2D eigenvalue weighted by molar-refractivity contribution is -0.138. The molecule has 4 aliphatic carbocycles. The van der Waals surface area contributed by atoms with Gasteiger partial charge in [-0.15, -0.1) is 0 Å². The molecule has 0 aromatic carbocycles. The summed E-state index contributed by atoms with van der Waals surface area (Å²) < 4.78 is 0. The van der Waals surface area contributed by atoms with Crippen LogP contribution in [0.5, 0.6) is 0 Å². The summed E-state index contributed by atoms with van der Waals surface area (Å²) in [5, 5.41) is 10.1. The standard InChI is InChI=1S/C21H34O2/c1-13(22)17-6-7-18-16-5-4-14-12-15(23)8-10-20(14,2)19(16)9-11-21(17,18)3/h14-19,23H,4-12H2,1-3H3/t14-,15-,16?,17+,18?,19?,20-,21+/m0/s1. The molecular formula is C21H34O2. The number of carbonyl (C=O) groups is 1. The van der Waals surface area contributed by atoms with Crippen LogP contribution in [-0.4, -0.2) is 17.0 Å². The first-order valence-electron chi connectivity index (χ1n) is 10.0. The molecule has 0 amide bonds. The van der Waals surface area contributed by atoms with Gasteiger partial charge in [-0.1, -0.05) is 13.8 Å². The minimum absolute atomic E-state index is 0.0490. The Kier molecular flexibility index (Phi) is 3.72. The van der Waals surface area contributed by atoms with Crippen molar-refractivity contribution in [3.8, 4) is 0 Å². The Morgan fingerprint density at radius 1 is 0.913 bits per heavy atom. The first-order valence-corrected chi connectivity index (χ1v) is 10.0. The van der Waals surface area contributed by atoms with Crippen LogP contribution in [0.15, 0.2) is 0 Å². The lowest BCUT2D eigenvalue weighted by atomic mass is 9.44. The Morgan fingerprint density at radius 3 is 2.35 bits per heavy atom. The second-order valence-electron chi connectivity index (χ2n) is 9.87. The second kappa shape index (κ2) is 5.31. The van der Waals surface area contributed by atoms with Crippen molar-refractivity contribution in [1.29, 1.82) is 0 Å². The van der Waals surface area contributed by atoms with Crippen LogP contribution in [0.2, 0.25) is 0 Å². The average Bonchev–Trinajstić information content (AvgIpc) is 2.85. The molecule has 2 nitrogen and oxygen atoms in total. The zero-order valence-corrected chi connectivity index (χ0v) is 15.2. The van der Waals surface area contributed by atoms with E-state index in [2.05, 4.69) is 13.8 Å². The van der Waals surface area contributed by atoms with Crippen molar-refractivity contribution in [3.05, 3.63) is 0 Å². The van der Waals surface area contributed by atoms with Crippen LogP contribution < -0.4 is 0 Å². The van der Waals surface area contributed by atoms with Crippen molar-refractivity contribution < 1.29 is 9.90 Å². The molecule has 4 fully saturated rings. The van der Waals surface area contributed by atoms with E-state index >= 15 is 0 Å². The normalized spacial score (nSPS) is 55.7. The molecule has 0 bridgehead atoms. The van der Waals surface area contributed by atoms with E-state index in [1.807, 2.05) is 6.92 Å². The van der Waals surface area contributed by atoms with E-state index in [1.54, 1.807) is 0 Å². The van der Waals surface area contributed by atoms with Crippen LogP contribution in [0.4, 0.5) is 0 Å². The predicted molar refractivity (Wildman–Crippen MR) is 91.9 cm³/mol. The van der Waals surface area contributed by atoms with E-state index < -0.39 is 0 Å². The zero-order chi connectivity index (χ0) is 16.4. The lowest BCUT2D eigenvalue weighted by Gasteiger charge is -2.60. The molecule has 0 saturated heterocycles. The van der Waals surface area contributed by atoms with Crippen molar-refractivity contribution in [2.75, 3.05) is 0 Å². The van der Waals surface area contributed by atoms with E-state index in [1.165, 1.54) is 38.5 Å². The third-order valence-electron chi connectivity index (χ3n) is 9.13. The summed E-state index contributed by atoms with van der Waals surface area (Å²) in [5.41, 5.74) is 0.738. The molecule has 0 aromatic rings. The third kappa shape index (κ3) is 2.19. The molecular weight excluding hydrogens is 284 g/mol. The summed E-state index contributed by atoms with van der Waals surface area (Å²) in [7, 11) is 0. The summed E-state index contributed by atoms with van der Waals surface area (Å²) in [6.07, 6.45) is 10.9. The molecule has 8 atom stereocenters. The number of rotatable bonds is 1. The zero-order valence-electron chi connectivity index (χ0n) is 15.2. The molecule has 0 heterocycles. The number of aliphatic hydroxyl groups is 1. The van der Waals surface area contributed by atoms with Crippen LogP contribution in [0.3, 0.4) is 0 Å². The fourth-order valence-corrected chi connectivity index (χ4v) is 7.90. The summed E-state index contributed by atoms with van der Waals surface area (Å²) >= 11 is 0. The van der Waals surface area contributed by atoms with Gasteiger partial charge in [-0.25, -0.2) is 0 Å². The number of aliphatic hydroxyl groups excluding tert-OH is 1. The van der Waals surface area contributed by atoms with Crippen molar-refractivity contribution in [1.82, 2.24) is 0 Å². The predicted octanol–water partition coefficient (Wildman–Crippen LogP) is 4.60. The van der Waals surface area contributed by atoms with Crippen LogP contribution >= 0.6 is 0 Å². The van der Waals surface area contributed by atoms with E-state index in [9.17, 15) is 9.90 Å². The highest BCUT2D eigenvalue weighted by molar-refractivity contribution is 5.79. The highest BCUT2D eigenvalue weighted by Crippen LogP contribution is 2.67. The average molecular weight is 319 g/mol. The third-order valence-corrected chi connectivity index (χ3v) is 9.13. The van der Waals surface area contributed by atoms with Crippen molar-refractivity contribution in [2.24, 2.45) is 40.4 Å². The number of Topliss-reactive ketones (excluding diaryl/α,β-unsaturated/α-hetero) is 1. The number of fused-ring (bicyclic) bond motifs is 5. The van der Waals surface area contributed by atoms with Gasteiger partial charge >= 0.3 is 0 Å². The maximum Gasteiger partial charge on any atom is 0.133 e. The van der Waals surface area contributed by atoms with Gasteiger partial charge in [0.1, 0.15) is 5.78 Å². The maximum absolute atomic E-state index is 12.2. The van der Waals surface area contributed by atoms with E-state index in [0.29, 0.717) is 17.1 Å². The van der Waals surface area contributed by atoms with E-state index in [-0.39, 0.29) is 11.5 Å². The topological polar surface area (TPSA) is 37.3 Å². The summed E-state index contributed by atoms with van der Waals surface area (Å²) in [6.45, 7) is 6.80. The first-order chi connectivity index (χ1) is 10.9. The highest BCUT2D eigenvalue weighted by Gasteiger charge is 2.60. The van der Waals surface area contributed by atoms with Gasteiger partial charge in [0.05, 0.1) is 6.10 Å². The van der Waals surface area contributed by atoms with Gasteiger partial charge in [0.15, 0.2) is 0 Å². The largest absolute Gasteiger partial charge is 0.393 e. The Bertz CT molecular complexity index is 500.